The van der Waals surface area contributed by atoms with E-state index in [0.29, 0.717) is 9.65 Å². The molecule has 0 bridgehead atoms. The first-order valence-electron chi connectivity index (χ1n) is 7.10. The van der Waals surface area contributed by atoms with Crippen LogP contribution in [0, 0.1) is 6.92 Å². The average Bonchev–Trinajstić information content (AvgIpc) is 3.05. The Morgan fingerprint density at radius 1 is 0.960 bits per heavy atom. The van der Waals surface area contributed by atoms with E-state index in [9.17, 15) is 21.6 Å². The van der Waals surface area contributed by atoms with E-state index in [0.717, 1.165) is 23.9 Å². The minimum Gasteiger partial charge on any atom is -0.199 e. The molecule has 0 spiro atoms. The van der Waals surface area contributed by atoms with E-state index in [2.05, 4.69) is 10.3 Å². The van der Waals surface area contributed by atoms with Crippen molar-refractivity contribution in [2.24, 2.45) is 0 Å². The number of aromatic nitrogens is 3. The predicted molar refractivity (Wildman–Crippen MR) is 84.2 cm³/mol. The van der Waals surface area contributed by atoms with Crippen LogP contribution in [0.1, 0.15) is 11.1 Å². The highest BCUT2D eigenvalue weighted by Crippen LogP contribution is 2.30. The van der Waals surface area contributed by atoms with Crippen LogP contribution in [0.4, 0.5) is 13.2 Å². The van der Waals surface area contributed by atoms with Crippen LogP contribution in [-0.2, 0) is 16.2 Å². The standard InChI is InChI=1S/C16H12F3N3O2S/c1-11-2-8-14(9-3-11)25(23,24)22-10-15(20-21-22)12-4-6-13(7-5-12)16(17,18)19/h2-10H,1H3. The minimum absolute atomic E-state index is 0.0435. The van der Waals surface area contributed by atoms with E-state index in [1.807, 2.05) is 6.92 Å². The summed E-state index contributed by atoms with van der Waals surface area (Å²) in [6.45, 7) is 1.83. The van der Waals surface area contributed by atoms with Gasteiger partial charge in [-0.15, -0.1) is 9.19 Å². The van der Waals surface area contributed by atoms with E-state index < -0.39 is 21.8 Å². The molecule has 0 aliphatic heterocycles. The van der Waals surface area contributed by atoms with Crippen molar-refractivity contribution in [3.63, 3.8) is 0 Å². The number of halogens is 3. The molecule has 0 radical (unpaired) electrons. The molecule has 9 heteroatoms. The Kier molecular flexibility index (Phi) is 4.11. The van der Waals surface area contributed by atoms with Crippen LogP contribution in [0.3, 0.4) is 0 Å². The van der Waals surface area contributed by atoms with Crippen LogP contribution in [0.2, 0.25) is 0 Å². The van der Waals surface area contributed by atoms with Crippen molar-refractivity contribution < 1.29 is 21.6 Å². The predicted octanol–water partition coefficient (Wildman–Crippen LogP) is 3.51. The summed E-state index contributed by atoms with van der Waals surface area (Å²) in [5.41, 5.74) is 0.599. The van der Waals surface area contributed by atoms with Crippen molar-refractivity contribution >= 4 is 10.0 Å². The maximum Gasteiger partial charge on any atom is 0.416 e. The Morgan fingerprint density at radius 3 is 2.12 bits per heavy atom. The van der Waals surface area contributed by atoms with Gasteiger partial charge < -0.3 is 0 Å². The summed E-state index contributed by atoms with van der Waals surface area (Å²) >= 11 is 0. The lowest BCUT2D eigenvalue weighted by atomic mass is 10.1. The van der Waals surface area contributed by atoms with Gasteiger partial charge in [0.1, 0.15) is 5.69 Å². The molecule has 2 aromatic carbocycles. The first-order valence-corrected chi connectivity index (χ1v) is 8.54. The maximum atomic E-state index is 12.6. The fourth-order valence-corrected chi connectivity index (χ4v) is 3.21. The molecule has 0 atom stereocenters. The minimum atomic E-state index is -4.44. The number of hydrogen-bond acceptors (Lipinski definition) is 4. The smallest absolute Gasteiger partial charge is 0.199 e. The Labute approximate surface area is 141 Å². The quantitative estimate of drug-likeness (QED) is 0.711. The van der Waals surface area contributed by atoms with Gasteiger partial charge in [-0.2, -0.15) is 21.6 Å². The lowest BCUT2D eigenvalue weighted by Crippen LogP contribution is -2.13. The zero-order valence-corrected chi connectivity index (χ0v) is 13.7. The molecule has 25 heavy (non-hydrogen) atoms. The number of rotatable bonds is 3. The highest BCUT2D eigenvalue weighted by molar-refractivity contribution is 7.89. The third kappa shape index (κ3) is 3.41. The van der Waals surface area contributed by atoms with Gasteiger partial charge >= 0.3 is 6.18 Å². The highest BCUT2D eigenvalue weighted by atomic mass is 32.2. The SMILES string of the molecule is Cc1ccc(S(=O)(=O)n2cc(-c3ccc(C(F)(F)F)cc3)nn2)cc1. The fraction of sp³-hybridized carbons (Fsp3) is 0.125. The number of nitrogens with zero attached hydrogens (tertiary/aromatic N) is 3. The Morgan fingerprint density at radius 2 is 1.56 bits per heavy atom. The normalized spacial score (nSPS) is 12.3. The van der Waals surface area contributed by atoms with Gasteiger partial charge in [0.2, 0.25) is 0 Å². The lowest BCUT2D eigenvalue weighted by molar-refractivity contribution is -0.137. The topological polar surface area (TPSA) is 64.8 Å². The third-order valence-electron chi connectivity index (χ3n) is 3.55. The molecule has 0 saturated heterocycles. The highest BCUT2D eigenvalue weighted by Gasteiger charge is 2.30. The van der Waals surface area contributed by atoms with Crippen molar-refractivity contribution in [3.05, 3.63) is 65.9 Å². The molecule has 1 aromatic heterocycles. The summed E-state index contributed by atoms with van der Waals surface area (Å²) in [7, 11) is -3.91. The van der Waals surface area contributed by atoms with Gasteiger partial charge in [-0.1, -0.05) is 35.0 Å². The molecular weight excluding hydrogens is 355 g/mol. The monoisotopic (exact) mass is 367 g/mol. The molecule has 5 nitrogen and oxygen atoms in total. The summed E-state index contributed by atoms with van der Waals surface area (Å²) in [6, 6.07) is 10.5. The largest absolute Gasteiger partial charge is 0.416 e. The molecule has 0 saturated carbocycles. The fourth-order valence-electron chi connectivity index (χ4n) is 2.15. The second kappa shape index (κ2) is 5.99. The Balaban J connectivity index is 1.93. The number of alkyl halides is 3. The zero-order chi connectivity index (χ0) is 18.2. The molecular formula is C16H12F3N3O2S. The summed E-state index contributed by atoms with van der Waals surface area (Å²) in [5, 5.41) is 7.33. The van der Waals surface area contributed by atoms with Crippen molar-refractivity contribution in [1.29, 1.82) is 0 Å². The Hall–Kier alpha value is -2.68. The first kappa shape index (κ1) is 17.2. The molecule has 0 fully saturated rings. The van der Waals surface area contributed by atoms with E-state index in [1.54, 1.807) is 12.1 Å². The number of hydrogen-bond donors (Lipinski definition) is 0. The molecule has 0 N–H and O–H groups in total. The summed E-state index contributed by atoms with van der Waals surface area (Å²) in [6.07, 6.45) is -3.28. The van der Waals surface area contributed by atoms with E-state index in [-0.39, 0.29) is 10.6 Å². The van der Waals surface area contributed by atoms with Crippen molar-refractivity contribution in [3.8, 4) is 11.3 Å². The molecule has 0 aliphatic carbocycles. The lowest BCUT2D eigenvalue weighted by Gasteiger charge is -2.06. The van der Waals surface area contributed by atoms with Crippen LogP contribution in [0.15, 0.2) is 59.6 Å². The second-order valence-electron chi connectivity index (χ2n) is 5.37. The first-order chi connectivity index (χ1) is 11.7. The molecule has 1 heterocycles. The molecule has 3 rings (SSSR count). The van der Waals surface area contributed by atoms with Crippen molar-refractivity contribution in [1.82, 2.24) is 14.4 Å². The Bertz CT molecular complexity index is 992. The summed E-state index contributed by atoms with van der Waals surface area (Å²) < 4.78 is 63.4. The molecule has 0 amide bonds. The van der Waals surface area contributed by atoms with Gasteiger partial charge in [0, 0.05) is 5.56 Å². The molecule has 3 aromatic rings. The van der Waals surface area contributed by atoms with Crippen LogP contribution < -0.4 is 0 Å². The van der Waals surface area contributed by atoms with Gasteiger partial charge in [-0.25, -0.2) is 0 Å². The summed E-state index contributed by atoms with van der Waals surface area (Å²) in [4.78, 5) is 0.0435. The average molecular weight is 367 g/mol. The van der Waals surface area contributed by atoms with Gasteiger partial charge in [0.25, 0.3) is 10.0 Å². The van der Waals surface area contributed by atoms with Crippen LogP contribution in [0.5, 0.6) is 0 Å². The van der Waals surface area contributed by atoms with Crippen LogP contribution in [0.25, 0.3) is 11.3 Å². The van der Waals surface area contributed by atoms with E-state index in [1.165, 1.54) is 24.3 Å². The van der Waals surface area contributed by atoms with Crippen molar-refractivity contribution in [2.45, 2.75) is 18.0 Å². The van der Waals surface area contributed by atoms with Gasteiger partial charge in [-0.05, 0) is 31.2 Å². The third-order valence-corrected chi connectivity index (χ3v) is 5.09. The van der Waals surface area contributed by atoms with Crippen LogP contribution >= 0.6 is 0 Å². The van der Waals surface area contributed by atoms with Gasteiger partial charge in [-0.3, -0.25) is 0 Å². The van der Waals surface area contributed by atoms with E-state index >= 15 is 0 Å². The van der Waals surface area contributed by atoms with E-state index in [4.69, 9.17) is 0 Å². The second-order valence-corrected chi connectivity index (χ2v) is 7.17. The molecule has 0 unspecified atom stereocenters. The molecule has 0 aliphatic rings. The van der Waals surface area contributed by atoms with Gasteiger partial charge in [0.05, 0.1) is 16.7 Å². The number of aryl methyl sites for hydroxylation is 1. The zero-order valence-electron chi connectivity index (χ0n) is 12.9. The maximum absolute atomic E-state index is 12.6. The van der Waals surface area contributed by atoms with Gasteiger partial charge in [0.15, 0.2) is 0 Å². The van der Waals surface area contributed by atoms with Crippen molar-refractivity contribution in [2.75, 3.05) is 0 Å². The number of benzene rings is 2. The van der Waals surface area contributed by atoms with Crippen LogP contribution in [-0.4, -0.2) is 22.8 Å². The summed E-state index contributed by atoms with van der Waals surface area (Å²) in [5.74, 6) is 0. The molecule has 130 valence electrons.